The molecule has 1 aromatic heterocycles. The highest BCUT2D eigenvalue weighted by atomic mass is 16.4. The molecule has 7 heteroatoms. The fourth-order valence-corrected chi connectivity index (χ4v) is 1.82. The number of hydrogen-bond donors (Lipinski definition) is 4. The van der Waals surface area contributed by atoms with Gasteiger partial charge in [0.15, 0.2) is 6.10 Å². The summed E-state index contributed by atoms with van der Waals surface area (Å²) in [7, 11) is 0. The van der Waals surface area contributed by atoms with E-state index in [2.05, 4.69) is 15.6 Å². The van der Waals surface area contributed by atoms with Gasteiger partial charge in [-0.3, -0.25) is 4.98 Å². The molecule has 0 bridgehead atoms. The van der Waals surface area contributed by atoms with Crippen molar-refractivity contribution >= 4 is 28.6 Å². The van der Waals surface area contributed by atoms with Gasteiger partial charge in [-0.05, 0) is 24.3 Å². The first-order chi connectivity index (χ1) is 10.1. The number of urea groups is 1. The molecule has 0 saturated carbocycles. The summed E-state index contributed by atoms with van der Waals surface area (Å²) in [5.41, 5.74) is 1.37. The molecule has 4 N–H and O–H groups in total. The Bertz CT molecular complexity index is 654. The van der Waals surface area contributed by atoms with Gasteiger partial charge in [-0.15, -0.1) is 0 Å². The number of aliphatic hydroxyl groups is 1. The molecule has 0 fully saturated rings. The highest BCUT2D eigenvalue weighted by Crippen LogP contribution is 2.20. The molecule has 7 nitrogen and oxygen atoms in total. The zero-order chi connectivity index (χ0) is 15.2. The zero-order valence-electron chi connectivity index (χ0n) is 11.1. The van der Waals surface area contributed by atoms with Crippen LogP contribution in [0.3, 0.4) is 0 Å². The van der Waals surface area contributed by atoms with Gasteiger partial charge >= 0.3 is 12.0 Å². The number of nitrogens with one attached hydrogen (secondary N) is 2. The van der Waals surface area contributed by atoms with E-state index in [1.165, 1.54) is 0 Å². The zero-order valence-corrected chi connectivity index (χ0v) is 11.1. The smallest absolute Gasteiger partial charge is 0.332 e. The normalized spacial score (nSPS) is 11.9. The summed E-state index contributed by atoms with van der Waals surface area (Å²) in [6.45, 7) is 0.0579. The summed E-state index contributed by atoms with van der Waals surface area (Å²) in [4.78, 5) is 26.3. The third-order valence-electron chi connectivity index (χ3n) is 2.88. The van der Waals surface area contributed by atoms with E-state index in [4.69, 9.17) is 10.2 Å². The maximum absolute atomic E-state index is 11.7. The number of carboxylic acid groups (broad SMARTS) is 1. The molecule has 0 radical (unpaired) electrons. The van der Waals surface area contributed by atoms with Crippen LogP contribution in [0, 0.1) is 0 Å². The van der Waals surface area contributed by atoms with E-state index < -0.39 is 18.1 Å². The Morgan fingerprint density at radius 2 is 2.05 bits per heavy atom. The van der Waals surface area contributed by atoms with Crippen molar-refractivity contribution in [1.82, 2.24) is 10.3 Å². The summed E-state index contributed by atoms with van der Waals surface area (Å²) in [6, 6.07) is 8.50. The first kappa shape index (κ1) is 14.7. The molecule has 0 aliphatic carbocycles. The molecule has 21 heavy (non-hydrogen) atoms. The SMILES string of the molecule is O=C(NCCC(O)C(=O)O)Nc1cccc2ncccc12. The highest BCUT2D eigenvalue weighted by molar-refractivity contribution is 6.00. The number of carbonyl (C=O) groups excluding carboxylic acids is 1. The molecule has 0 aliphatic heterocycles. The molecule has 1 unspecified atom stereocenters. The first-order valence-electron chi connectivity index (χ1n) is 6.37. The fraction of sp³-hybridized carbons (Fsp3) is 0.214. The lowest BCUT2D eigenvalue weighted by Gasteiger charge is -2.10. The maximum Gasteiger partial charge on any atom is 0.332 e. The average Bonchev–Trinajstić information content (AvgIpc) is 2.47. The Labute approximate surface area is 120 Å². The lowest BCUT2D eigenvalue weighted by atomic mass is 10.2. The van der Waals surface area contributed by atoms with Crippen molar-refractivity contribution in [3.8, 4) is 0 Å². The monoisotopic (exact) mass is 289 g/mol. The molecular weight excluding hydrogens is 274 g/mol. The second kappa shape index (κ2) is 6.67. The van der Waals surface area contributed by atoms with Crippen molar-refractivity contribution in [2.75, 3.05) is 11.9 Å². The van der Waals surface area contributed by atoms with Crippen molar-refractivity contribution in [2.24, 2.45) is 0 Å². The molecule has 2 aromatic rings. The van der Waals surface area contributed by atoms with Crippen LogP contribution in [0.25, 0.3) is 10.9 Å². The predicted octanol–water partition coefficient (Wildman–Crippen LogP) is 1.19. The number of carbonyl (C=O) groups is 2. The molecule has 1 atom stereocenters. The second-order valence-corrected chi connectivity index (χ2v) is 4.40. The number of rotatable bonds is 5. The fourth-order valence-electron chi connectivity index (χ4n) is 1.82. The van der Waals surface area contributed by atoms with E-state index in [9.17, 15) is 9.59 Å². The van der Waals surface area contributed by atoms with Crippen molar-refractivity contribution in [2.45, 2.75) is 12.5 Å². The average molecular weight is 289 g/mol. The van der Waals surface area contributed by atoms with Crippen LogP contribution in [0.5, 0.6) is 0 Å². The van der Waals surface area contributed by atoms with E-state index in [0.717, 1.165) is 10.9 Å². The van der Waals surface area contributed by atoms with Crippen LogP contribution in [0.2, 0.25) is 0 Å². The van der Waals surface area contributed by atoms with Gasteiger partial charge in [-0.25, -0.2) is 9.59 Å². The number of nitrogens with zero attached hydrogens (tertiary/aromatic N) is 1. The summed E-state index contributed by atoms with van der Waals surface area (Å²) < 4.78 is 0. The number of hydrogen-bond acceptors (Lipinski definition) is 4. The van der Waals surface area contributed by atoms with E-state index >= 15 is 0 Å². The van der Waals surface area contributed by atoms with Crippen LogP contribution in [0.1, 0.15) is 6.42 Å². The Kier molecular flexibility index (Phi) is 4.68. The van der Waals surface area contributed by atoms with Crippen molar-refractivity contribution in [3.63, 3.8) is 0 Å². The van der Waals surface area contributed by atoms with E-state index in [1.807, 2.05) is 12.1 Å². The number of pyridine rings is 1. The summed E-state index contributed by atoms with van der Waals surface area (Å²) in [6.07, 6.45) is 0.131. The standard InChI is InChI=1S/C14H15N3O4/c18-12(13(19)20)6-8-16-14(21)17-11-5-1-4-10-9(11)3-2-7-15-10/h1-5,7,12,18H,6,8H2,(H,19,20)(H2,16,17,21). The minimum atomic E-state index is -1.48. The van der Waals surface area contributed by atoms with Gasteiger partial charge in [0, 0.05) is 24.5 Å². The third kappa shape index (κ3) is 3.90. The van der Waals surface area contributed by atoms with E-state index in [1.54, 1.807) is 24.4 Å². The number of aromatic nitrogens is 1. The van der Waals surface area contributed by atoms with Gasteiger partial charge in [-0.1, -0.05) is 6.07 Å². The predicted molar refractivity (Wildman–Crippen MR) is 77.0 cm³/mol. The summed E-state index contributed by atoms with van der Waals surface area (Å²) >= 11 is 0. The minimum Gasteiger partial charge on any atom is -0.479 e. The lowest BCUT2D eigenvalue weighted by Crippen LogP contribution is -2.33. The number of aliphatic hydroxyl groups excluding tert-OH is 1. The quantitative estimate of drug-likeness (QED) is 0.660. The third-order valence-corrected chi connectivity index (χ3v) is 2.88. The van der Waals surface area contributed by atoms with Gasteiger partial charge < -0.3 is 20.8 Å². The molecule has 1 aromatic carbocycles. The largest absolute Gasteiger partial charge is 0.479 e. The lowest BCUT2D eigenvalue weighted by molar-refractivity contribution is -0.146. The molecule has 2 rings (SSSR count). The maximum atomic E-state index is 11.7. The molecule has 110 valence electrons. The van der Waals surface area contributed by atoms with Crippen LogP contribution in [-0.2, 0) is 4.79 Å². The molecule has 0 spiro atoms. The van der Waals surface area contributed by atoms with Gasteiger partial charge in [0.2, 0.25) is 0 Å². The Morgan fingerprint density at radius 1 is 1.24 bits per heavy atom. The van der Waals surface area contributed by atoms with Crippen molar-refractivity contribution in [3.05, 3.63) is 36.5 Å². The van der Waals surface area contributed by atoms with Gasteiger partial charge in [0.05, 0.1) is 11.2 Å². The molecule has 2 amide bonds. The van der Waals surface area contributed by atoms with Gasteiger partial charge in [0.25, 0.3) is 0 Å². The number of aliphatic carboxylic acids is 1. The van der Waals surface area contributed by atoms with Crippen molar-refractivity contribution in [1.29, 1.82) is 0 Å². The number of fused-ring (bicyclic) bond motifs is 1. The number of benzene rings is 1. The van der Waals surface area contributed by atoms with E-state index in [-0.39, 0.29) is 13.0 Å². The Balaban J connectivity index is 1.94. The van der Waals surface area contributed by atoms with Crippen molar-refractivity contribution < 1.29 is 19.8 Å². The molecule has 0 aliphatic rings. The Hall–Kier alpha value is -2.67. The second-order valence-electron chi connectivity index (χ2n) is 4.40. The van der Waals surface area contributed by atoms with Crippen LogP contribution in [0.4, 0.5) is 10.5 Å². The van der Waals surface area contributed by atoms with Crippen LogP contribution >= 0.6 is 0 Å². The number of carboxylic acids is 1. The minimum absolute atomic E-state index is 0.0557. The van der Waals surface area contributed by atoms with Crippen LogP contribution in [0.15, 0.2) is 36.5 Å². The van der Waals surface area contributed by atoms with Crippen LogP contribution < -0.4 is 10.6 Å². The van der Waals surface area contributed by atoms with Crippen LogP contribution in [-0.4, -0.2) is 39.8 Å². The number of anilines is 1. The van der Waals surface area contributed by atoms with Gasteiger partial charge in [-0.2, -0.15) is 0 Å². The molecule has 0 saturated heterocycles. The Morgan fingerprint density at radius 3 is 2.81 bits per heavy atom. The topological polar surface area (TPSA) is 112 Å². The van der Waals surface area contributed by atoms with Gasteiger partial charge in [0.1, 0.15) is 0 Å². The first-order valence-corrected chi connectivity index (χ1v) is 6.37. The molecular formula is C14H15N3O4. The summed E-state index contributed by atoms with van der Waals surface area (Å²) in [5.74, 6) is -1.31. The summed E-state index contributed by atoms with van der Waals surface area (Å²) in [5, 5.41) is 23.6. The number of amides is 2. The molecule has 1 heterocycles. The van der Waals surface area contributed by atoms with E-state index in [0.29, 0.717) is 5.69 Å². The highest BCUT2D eigenvalue weighted by Gasteiger charge is 2.13.